The van der Waals surface area contributed by atoms with Crippen molar-refractivity contribution in [3.8, 4) is 0 Å². The zero-order valence-corrected chi connectivity index (χ0v) is 13.6. The number of aliphatic hydroxyl groups excluding tert-OH is 1. The van der Waals surface area contributed by atoms with Crippen LogP contribution in [0.15, 0.2) is 22.5 Å². The Morgan fingerprint density at radius 1 is 1.45 bits per heavy atom. The van der Waals surface area contributed by atoms with Crippen LogP contribution in [0.3, 0.4) is 0 Å². The molecule has 0 aromatic carbocycles. The van der Waals surface area contributed by atoms with Crippen molar-refractivity contribution >= 4 is 32.7 Å². The van der Waals surface area contributed by atoms with E-state index in [0.29, 0.717) is 4.88 Å². The van der Waals surface area contributed by atoms with E-state index in [1.165, 1.54) is 34.1 Å². The Kier molecular flexibility index (Phi) is 4.92. The van der Waals surface area contributed by atoms with Crippen molar-refractivity contribution in [2.45, 2.75) is 37.8 Å². The standard InChI is InChI=1S/C12H16N2O3S3/c1-3-9-5-13-12(19-9)8(2)14-20(16,17)11-4-10(6-15)18-7-11/h4-5,7-8,14-15H,3,6H2,1-2H3. The molecule has 2 rings (SSSR count). The Balaban J connectivity index is 2.15. The predicted octanol–water partition coefficient (Wildman–Crippen LogP) is 2.30. The number of aliphatic hydroxyl groups is 1. The Bertz CT molecular complexity index is 676. The van der Waals surface area contributed by atoms with Crippen molar-refractivity contribution in [3.63, 3.8) is 0 Å². The molecule has 0 radical (unpaired) electrons. The first-order valence-corrected chi connectivity index (χ1v) is 9.29. The molecule has 0 aliphatic rings. The summed E-state index contributed by atoms with van der Waals surface area (Å²) >= 11 is 2.74. The highest BCUT2D eigenvalue weighted by atomic mass is 32.2. The van der Waals surface area contributed by atoms with Crippen LogP contribution in [0.4, 0.5) is 0 Å². The lowest BCUT2D eigenvalue weighted by atomic mass is 10.4. The molecule has 0 fully saturated rings. The molecule has 0 spiro atoms. The largest absolute Gasteiger partial charge is 0.391 e. The summed E-state index contributed by atoms with van der Waals surface area (Å²) in [6.45, 7) is 3.66. The highest BCUT2D eigenvalue weighted by molar-refractivity contribution is 7.89. The van der Waals surface area contributed by atoms with Crippen LogP contribution in [0.5, 0.6) is 0 Å². The average Bonchev–Trinajstić information content (AvgIpc) is 3.07. The van der Waals surface area contributed by atoms with E-state index >= 15 is 0 Å². The Morgan fingerprint density at radius 2 is 2.20 bits per heavy atom. The number of aryl methyl sites for hydroxylation is 1. The molecule has 2 N–H and O–H groups in total. The number of aromatic nitrogens is 1. The molecular formula is C12H16N2O3S3. The molecule has 0 aliphatic heterocycles. The Labute approximate surface area is 126 Å². The van der Waals surface area contributed by atoms with Crippen molar-refractivity contribution in [3.05, 3.63) is 32.4 Å². The van der Waals surface area contributed by atoms with E-state index in [1.807, 2.05) is 6.92 Å². The minimum atomic E-state index is -3.58. The summed E-state index contributed by atoms with van der Waals surface area (Å²) in [6, 6.07) is 1.11. The zero-order valence-electron chi connectivity index (χ0n) is 11.2. The van der Waals surface area contributed by atoms with E-state index in [9.17, 15) is 8.42 Å². The Hall–Kier alpha value is -0.800. The molecule has 1 atom stereocenters. The second-order valence-corrected chi connectivity index (χ2v) is 8.12. The molecule has 2 aromatic rings. The highest BCUT2D eigenvalue weighted by Crippen LogP contribution is 2.24. The van der Waals surface area contributed by atoms with E-state index < -0.39 is 10.0 Å². The quantitative estimate of drug-likeness (QED) is 0.851. The normalized spacial score (nSPS) is 13.6. The third-order valence-corrected chi connectivity index (χ3v) is 6.63. The average molecular weight is 332 g/mol. The number of rotatable bonds is 6. The van der Waals surface area contributed by atoms with Crippen LogP contribution in [0, 0.1) is 0 Å². The van der Waals surface area contributed by atoms with Crippen molar-refractivity contribution < 1.29 is 13.5 Å². The fourth-order valence-electron chi connectivity index (χ4n) is 1.62. The second-order valence-electron chi connectivity index (χ2n) is 4.27. The highest BCUT2D eigenvalue weighted by Gasteiger charge is 2.21. The summed E-state index contributed by atoms with van der Waals surface area (Å²) < 4.78 is 27.0. The maximum absolute atomic E-state index is 12.2. The predicted molar refractivity (Wildman–Crippen MR) is 80.5 cm³/mol. The first-order chi connectivity index (χ1) is 9.46. The maximum Gasteiger partial charge on any atom is 0.242 e. The second kappa shape index (κ2) is 6.31. The summed E-state index contributed by atoms with van der Waals surface area (Å²) in [5.74, 6) is 0. The van der Waals surface area contributed by atoms with Crippen molar-refractivity contribution in [2.75, 3.05) is 0 Å². The lowest BCUT2D eigenvalue weighted by Gasteiger charge is -2.10. The van der Waals surface area contributed by atoms with E-state index in [1.54, 1.807) is 13.1 Å². The number of nitrogens with one attached hydrogen (secondary N) is 1. The maximum atomic E-state index is 12.2. The topological polar surface area (TPSA) is 79.3 Å². The number of thiophene rings is 1. The van der Waals surface area contributed by atoms with Gasteiger partial charge in [-0.15, -0.1) is 22.7 Å². The fourth-order valence-corrected chi connectivity index (χ4v) is 4.90. The lowest BCUT2D eigenvalue weighted by molar-refractivity contribution is 0.285. The first kappa shape index (κ1) is 15.6. The lowest BCUT2D eigenvalue weighted by Crippen LogP contribution is -2.26. The minimum Gasteiger partial charge on any atom is -0.391 e. The van der Waals surface area contributed by atoms with E-state index in [-0.39, 0.29) is 17.5 Å². The van der Waals surface area contributed by atoms with Gasteiger partial charge in [0.25, 0.3) is 0 Å². The molecule has 0 bridgehead atoms. The molecule has 110 valence electrons. The molecule has 0 saturated carbocycles. The van der Waals surface area contributed by atoms with Crippen LogP contribution in [-0.2, 0) is 23.1 Å². The zero-order chi connectivity index (χ0) is 14.8. The smallest absolute Gasteiger partial charge is 0.242 e. The number of thiazole rings is 1. The summed E-state index contributed by atoms with van der Waals surface area (Å²) in [6.07, 6.45) is 2.67. The molecule has 0 aliphatic carbocycles. The van der Waals surface area contributed by atoms with Crippen molar-refractivity contribution in [1.82, 2.24) is 9.71 Å². The fraction of sp³-hybridized carbons (Fsp3) is 0.417. The molecule has 1 unspecified atom stereocenters. The van der Waals surface area contributed by atoms with Gasteiger partial charge in [-0.3, -0.25) is 0 Å². The molecule has 2 heterocycles. The van der Waals surface area contributed by atoms with Crippen LogP contribution in [0.25, 0.3) is 0 Å². The van der Waals surface area contributed by atoms with Gasteiger partial charge in [0.15, 0.2) is 0 Å². The van der Waals surface area contributed by atoms with E-state index in [0.717, 1.165) is 16.3 Å². The van der Waals surface area contributed by atoms with Crippen LogP contribution in [0.2, 0.25) is 0 Å². The summed E-state index contributed by atoms with van der Waals surface area (Å²) in [7, 11) is -3.58. The van der Waals surface area contributed by atoms with Crippen LogP contribution in [0.1, 0.15) is 34.7 Å². The van der Waals surface area contributed by atoms with E-state index in [2.05, 4.69) is 9.71 Å². The number of nitrogens with zero attached hydrogens (tertiary/aromatic N) is 1. The molecule has 0 saturated heterocycles. The van der Waals surface area contributed by atoms with Gasteiger partial charge in [0.05, 0.1) is 17.5 Å². The number of hydrogen-bond donors (Lipinski definition) is 2. The summed E-state index contributed by atoms with van der Waals surface area (Å²) in [4.78, 5) is 6.18. The monoisotopic (exact) mass is 332 g/mol. The Morgan fingerprint density at radius 3 is 2.75 bits per heavy atom. The summed E-state index contributed by atoms with van der Waals surface area (Å²) in [5.41, 5.74) is 0. The molecule has 20 heavy (non-hydrogen) atoms. The third-order valence-electron chi connectivity index (χ3n) is 2.72. The van der Waals surface area contributed by atoms with Crippen LogP contribution in [-0.4, -0.2) is 18.5 Å². The molecule has 5 nitrogen and oxygen atoms in total. The van der Waals surface area contributed by atoms with Gasteiger partial charge in [0, 0.05) is 21.3 Å². The summed E-state index contributed by atoms with van der Waals surface area (Å²) in [5, 5.41) is 11.3. The first-order valence-electron chi connectivity index (χ1n) is 6.11. The molecule has 8 heteroatoms. The number of sulfonamides is 1. The van der Waals surface area contributed by atoms with Crippen LogP contribution >= 0.6 is 22.7 Å². The van der Waals surface area contributed by atoms with E-state index in [4.69, 9.17) is 5.11 Å². The molecule has 0 amide bonds. The van der Waals surface area contributed by atoms with Crippen LogP contribution < -0.4 is 4.72 Å². The number of hydrogen-bond acceptors (Lipinski definition) is 6. The van der Waals surface area contributed by atoms with Gasteiger partial charge >= 0.3 is 0 Å². The van der Waals surface area contributed by atoms with Gasteiger partial charge in [-0.05, 0) is 19.4 Å². The van der Waals surface area contributed by atoms with Gasteiger partial charge < -0.3 is 5.11 Å². The van der Waals surface area contributed by atoms with Gasteiger partial charge in [0.2, 0.25) is 10.0 Å². The van der Waals surface area contributed by atoms with Gasteiger partial charge in [0.1, 0.15) is 5.01 Å². The van der Waals surface area contributed by atoms with Gasteiger partial charge in [-0.25, -0.2) is 18.1 Å². The SMILES string of the molecule is CCc1cnc(C(C)NS(=O)(=O)c2csc(CO)c2)s1. The van der Waals surface area contributed by atoms with Crippen molar-refractivity contribution in [1.29, 1.82) is 0 Å². The van der Waals surface area contributed by atoms with Gasteiger partial charge in [-0.2, -0.15) is 0 Å². The molecular weight excluding hydrogens is 316 g/mol. The minimum absolute atomic E-state index is 0.151. The third kappa shape index (κ3) is 3.44. The van der Waals surface area contributed by atoms with Gasteiger partial charge in [-0.1, -0.05) is 6.92 Å². The van der Waals surface area contributed by atoms with Crippen molar-refractivity contribution in [2.24, 2.45) is 0 Å². The molecule has 2 aromatic heterocycles.